The van der Waals surface area contributed by atoms with Crippen molar-refractivity contribution in [1.82, 2.24) is 5.32 Å². The molecule has 5 heteroatoms. The molecule has 0 unspecified atom stereocenters. The SMILES string of the molecule is C=CCCOCCNC(=O)c1ccc(Cl)cc1N. The Morgan fingerprint density at radius 3 is 2.94 bits per heavy atom. The van der Waals surface area contributed by atoms with Crippen molar-refractivity contribution in [2.24, 2.45) is 0 Å². The highest BCUT2D eigenvalue weighted by atomic mass is 35.5. The standard InChI is InChI=1S/C13H17ClN2O2/c1-2-3-7-18-8-6-16-13(17)11-5-4-10(14)9-12(11)15/h2,4-5,9H,1,3,6-8,15H2,(H,16,17). The molecule has 0 heterocycles. The minimum Gasteiger partial charge on any atom is -0.398 e. The molecular weight excluding hydrogens is 252 g/mol. The van der Waals surface area contributed by atoms with Crippen molar-refractivity contribution < 1.29 is 9.53 Å². The molecule has 0 radical (unpaired) electrons. The molecule has 0 spiro atoms. The molecule has 0 saturated heterocycles. The molecule has 3 N–H and O–H groups in total. The zero-order valence-corrected chi connectivity index (χ0v) is 10.9. The molecule has 98 valence electrons. The van der Waals surface area contributed by atoms with E-state index in [1.165, 1.54) is 0 Å². The van der Waals surface area contributed by atoms with E-state index in [2.05, 4.69) is 11.9 Å². The van der Waals surface area contributed by atoms with E-state index in [-0.39, 0.29) is 5.91 Å². The average molecular weight is 269 g/mol. The van der Waals surface area contributed by atoms with E-state index >= 15 is 0 Å². The third kappa shape index (κ3) is 4.77. The number of carbonyl (C=O) groups is 1. The maximum absolute atomic E-state index is 11.8. The van der Waals surface area contributed by atoms with E-state index < -0.39 is 0 Å². The minimum atomic E-state index is -0.225. The number of halogens is 1. The molecule has 1 amide bonds. The van der Waals surface area contributed by atoms with Gasteiger partial charge in [-0.1, -0.05) is 17.7 Å². The van der Waals surface area contributed by atoms with E-state index in [0.29, 0.717) is 36.0 Å². The van der Waals surface area contributed by atoms with Crippen molar-refractivity contribution in [3.8, 4) is 0 Å². The first-order chi connectivity index (χ1) is 8.65. The summed E-state index contributed by atoms with van der Waals surface area (Å²) in [6.07, 6.45) is 2.59. The van der Waals surface area contributed by atoms with Crippen LogP contribution in [-0.2, 0) is 4.74 Å². The average Bonchev–Trinajstić information content (AvgIpc) is 2.33. The van der Waals surface area contributed by atoms with Crippen LogP contribution in [0.4, 0.5) is 5.69 Å². The number of nitrogens with one attached hydrogen (secondary N) is 1. The van der Waals surface area contributed by atoms with Crippen LogP contribution >= 0.6 is 11.6 Å². The van der Waals surface area contributed by atoms with Crippen molar-refractivity contribution in [3.05, 3.63) is 41.4 Å². The van der Waals surface area contributed by atoms with Gasteiger partial charge in [-0.3, -0.25) is 4.79 Å². The Bertz CT molecular complexity index is 421. The van der Waals surface area contributed by atoms with Crippen LogP contribution in [0.3, 0.4) is 0 Å². The molecule has 0 fully saturated rings. The van der Waals surface area contributed by atoms with Crippen molar-refractivity contribution in [2.45, 2.75) is 6.42 Å². The molecule has 0 aliphatic heterocycles. The van der Waals surface area contributed by atoms with Gasteiger partial charge < -0.3 is 15.8 Å². The van der Waals surface area contributed by atoms with Gasteiger partial charge in [-0.25, -0.2) is 0 Å². The Balaban J connectivity index is 2.34. The summed E-state index contributed by atoms with van der Waals surface area (Å²) < 4.78 is 5.27. The lowest BCUT2D eigenvalue weighted by Gasteiger charge is -2.08. The predicted octanol–water partition coefficient (Wildman–Crippen LogP) is 2.24. The first-order valence-electron chi connectivity index (χ1n) is 5.67. The molecule has 1 rings (SSSR count). The third-order valence-corrected chi connectivity index (χ3v) is 2.49. The number of ether oxygens (including phenoxy) is 1. The quantitative estimate of drug-likeness (QED) is 0.453. The van der Waals surface area contributed by atoms with Gasteiger partial charge in [0.15, 0.2) is 0 Å². The predicted molar refractivity (Wildman–Crippen MR) is 73.8 cm³/mol. The van der Waals surface area contributed by atoms with E-state index in [9.17, 15) is 4.79 Å². The molecule has 0 atom stereocenters. The summed E-state index contributed by atoms with van der Waals surface area (Å²) in [5.74, 6) is -0.225. The van der Waals surface area contributed by atoms with Gasteiger partial charge in [0.05, 0.1) is 18.8 Å². The summed E-state index contributed by atoms with van der Waals surface area (Å²) in [6, 6.07) is 4.79. The number of rotatable bonds is 7. The molecule has 0 aliphatic carbocycles. The monoisotopic (exact) mass is 268 g/mol. The van der Waals surface area contributed by atoms with Gasteiger partial charge in [0.25, 0.3) is 5.91 Å². The number of hydrogen-bond acceptors (Lipinski definition) is 3. The smallest absolute Gasteiger partial charge is 0.253 e. The second-order valence-electron chi connectivity index (χ2n) is 3.68. The van der Waals surface area contributed by atoms with Crippen LogP contribution in [0.5, 0.6) is 0 Å². The van der Waals surface area contributed by atoms with Gasteiger partial charge in [-0.2, -0.15) is 0 Å². The molecule has 0 saturated carbocycles. The highest BCUT2D eigenvalue weighted by molar-refractivity contribution is 6.31. The number of nitrogens with two attached hydrogens (primary N) is 1. The molecule has 4 nitrogen and oxygen atoms in total. The topological polar surface area (TPSA) is 64.3 Å². The number of amides is 1. The van der Waals surface area contributed by atoms with Crippen LogP contribution in [0.15, 0.2) is 30.9 Å². The summed E-state index contributed by atoms with van der Waals surface area (Å²) >= 11 is 5.76. The fourth-order valence-corrected chi connectivity index (χ4v) is 1.52. The molecule has 1 aromatic carbocycles. The van der Waals surface area contributed by atoms with Crippen molar-refractivity contribution in [2.75, 3.05) is 25.5 Å². The highest BCUT2D eigenvalue weighted by Gasteiger charge is 2.08. The maximum Gasteiger partial charge on any atom is 0.253 e. The second-order valence-corrected chi connectivity index (χ2v) is 4.11. The van der Waals surface area contributed by atoms with Gasteiger partial charge >= 0.3 is 0 Å². The number of nitrogen functional groups attached to an aromatic ring is 1. The summed E-state index contributed by atoms with van der Waals surface area (Å²) in [7, 11) is 0. The number of hydrogen-bond donors (Lipinski definition) is 2. The summed E-state index contributed by atoms with van der Waals surface area (Å²) in [4.78, 5) is 11.8. The molecule has 0 bridgehead atoms. The number of carbonyl (C=O) groups excluding carboxylic acids is 1. The van der Waals surface area contributed by atoms with Crippen LogP contribution < -0.4 is 11.1 Å². The lowest BCUT2D eigenvalue weighted by molar-refractivity contribution is 0.0919. The van der Waals surface area contributed by atoms with Crippen LogP contribution in [0.25, 0.3) is 0 Å². The van der Waals surface area contributed by atoms with E-state index in [0.717, 1.165) is 6.42 Å². The Morgan fingerprint density at radius 1 is 1.50 bits per heavy atom. The van der Waals surface area contributed by atoms with Gasteiger partial charge in [-0.05, 0) is 24.6 Å². The first-order valence-corrected chi connectivity index (χ1v) is 6.05. The fourth-order valence-electron chi connectivity index (χ4n) is 1.34. The van der Waals surface area contributed by atoms with Gasteiger partial charge in [-0.15, -0.1) is 6.58 Å². The van der Waals surface area contributed by atoms with Crippen molar-refractivity contribution >= 4 is 23.2 Å². The molecule has 1 aromatic rings. The normalized spacial score (nSPS) is 10.1. The maximum atomic E-state index is 11.8. The zero-order valence-electron chi connectivity index (χ0n) is 10.1. The lowest BCUT2D eigenvalue weighted by Crippen LogP contribution is -2.28. The Labute approximate surface area is 112 Å². The van der Waals surface area contributed by atoms with E-state index in [1.54, 1.807) is 24.3 Å². The number of anilines is 1. The fraction of sp³-hybridized carbons (Fsp3) is 0.308. The number of benzene rings is 1. The summed E-state index contributed by atoms with van der Waals surface area (Å²) in [5.41, 5.74) is 6.49. The van der Waals surface area contributed by atoms with Crippen LogP contribution in [0.1, 0.15) is 16.8 Å². The molecule has 18 heavy (non-hydrogen) atoms. The third-order valence-electron chi connectivity index (χ3n) is 2.26. The zero-order chi connectivity index (χ0) is 13.4. The summed E-state index contributed by atoms with van der Waals surface area (Å²) in [5, 5.41) is 3.23. The van der Waals surface area contributed by atoms with Gasteiger partial charge in [0.1, 0.15) is 0 Å². The van der Waals surface area contributed by atoms with Crippen LogP contribution in [0, 0.1) is 0 Å². The Kier molecular flexibility index (Phi) is 6.25. The van der Waals surface area contributed by atoms with E-state index in [1.807, 2.05) is 0 Å². The Morgan fingerprint density at radius 2 is 2.28 bits per heavy atom. The van der Waals surface area contributed by atoms with Crippen molar-refractivity contribution in [3.63, 3.8) is 0 Å². The summed E-state index contributed by atoms with van der Waals surface area (Å²) in [6.45, 7) is 5.11. The molecular formula is C13H17ClN2O2. The first kappa shape index (κ1) is 14.5. The molecule has 0 aromatic heterocycles. The van der Waals surface area contributed by atoms with E-state index in [4.69, 9.17) is 22.1 Å². The second kappa shape index (κ2) is 7.74. The lowest BCUT2D eigenvalue weighted by atomic mass is 10.1. The van der Waals surface area contributed by atoms with Gasteiger partial charge in [0.2, 0.25) is 0 Å². The molecule has 0 aliphatic rings. The van der Waals surface area contributed by atoms with Crippen LogP contribution in [0.2, 0.25) is 5.02 Å². The largest absolute Gasteiger partial charge is 0.398 e. The van der Waals surface area contributed by atoms with Gasteiger partial charge in [0, 0.05) is 17.3 Å². The van der Waals surface area contributed by atoms with Crippen molar-refractivity contribution in [1.29, 1.82) is 0 Å². The van der Waals surface area contributed by atoms with Crippen LogP contribution in [-0.4, -0.2) is 25.7 Å². The highest BCUT2D eigenvalue weighted by Crippen LogP contribution is 2.17. The minimum absolute atomic E-state index is 0.225. The Hall–Kier alpha value is -1.52.